The van der Waals surface area contributed by atoms with Crippen molar-refractivity contribution in [3.8, 4) is 5.75 Å². The predicted molar refractivity (Wildman–Crippen MR) is 77.4 cm³/mol. The van der Waals surface area contributed by atoms with Crippen molar-refractivity contribution < 1.29 is 14.5 Å². The number of nitrogens with zero attached hydrogens (tertiary/aromatic N) is 1. The van der Waals surface area contributed by atoms with Crippen molar-refractivity contribution in [3.05, 3.63) is 33.9 Å². The van der Waals surface area contributed by atoms with E-state index in [2.05, 4.69) is 5.32 Å². The molecule has 0 spiro atoms. The zero-order chi connectivity index (χ0) is 15.5. The van der Waals surface area contributed by atoms with Crippen LogP contribution in [0.4, 0.5) is 5.69 Å². The molecule has 0 aliphatic heterocycles. The van der Waals surface area contributed by atoms with Gasteiger partial charge in [-0.25, -0.2) is 0 Å². The molecule has 0 aromatic heterocycles. The number of nitrogens with one attached hydrogen (secondary N) is 1. The number of carbonyl (C=O) groups is 1. The molecule has 1 aromatic carbocycles. The SMILES string of the molecule is COc1c(C(=O)NC2(CN)CCCC2)cccc1[N+](=O)[O-]. The summed E-state index contributed by atoms with van der Waals surface area (Å²) < 4.78 is 5.06. The Labute approximate surface area is 122 Å². The Morgan fingerprint density at radius 2 is 2.14 bits per heavy atom. The molecule has 1 aliphatic rings. The van der Waals surface area contributed by atoms with Crippen LogP contribution in [0.1, 0.15) is 36.0 Å². The average molecular weight is 293 g/mol. The summed E-state index contributed by atoms with van der Waals surface area (Å²) in [5, 5.41) is 13.9. The minimum atomic E-state index is -0.566. The van der Waals surface area contributed by atoms with Crippen molar-refractivity contribution in [2.24, 2.45) is 5.73 Å². The topological polar surface area (TPSA) is 107 Å². The lowest BCUT2D eigenvalue weighted by molar-refractivity contribution is -0.385. The van der Waals surface area contributed by atoms with Crippen LogP contribution in [-0.2, 0) is 0 Å². The van der Waals surface area contributed by atoms with E-state index < -0.39 is 10.5 Å². The van der Waals surface area contributed by atoms with Crippen LogP contribution in [0, 0.1) is 10.1 Å². The molecule has 3 N–H and O–H groups in total. The molecule has 0 radical (unpaired) electrons. The second kappa shape index (κ2) is 6.09. The molecule has 1 aromatic rings. The minimum absolute atomic E-state index is 0.0230. The molecule has 0 saturated heterocycles. The first kappa shape index (κ1) is 15.2. The number of hydrogen-bond donors (Lipinski definition) is 2. The summed E-state index contributed by atoms with van der Waals surface area (Å²) in [4.78, 5) is 22.9. The summed E-state index contributed by atoms with van der Waals surface area (Å²) in [6, 6.07) is 4.30. The number of methoxy groups -OCH3 is 1. The van der Waals surface area contributed by atoms with Crippen molar-refractivity contribution in [2.45, 2.75) is 31.2 Å². The monoisotopic (exact) mass is 293 g/mol. The van der Waals surface area contributed by atoms with Gasteiger partial charge < -0.3 is 15.8 Å². The number of carbonyl (C=O) groups excluding carboxylic acids is 1. The molecule has 114 valence electrons. The van der Waals surface area contributed by atoms with Crippen molar-refractivity contribution >= 4 is 11.6 Å². The maximum Gasteiger partial charge on any atom is 0.311 e. The Kier molecular flexibility index (Phi) is 4.42. The molecule has 7 heteroatoms. The number of nitro groups is 1. The van der Waals surface area contributed by atoms with E-state index in [1.54, 1.807) is 0 Å². The molecule has 0 atom stereocenters. The summed E-state index contributed by atoms with van der Waals surface area (Å²) in [7, 11) is 1.31. The van der Waals surface area contributed by atoms with Crippen LogP contribution in [0.3, 0.4) is 0 Å². The molecule has 1 amide bonds. The quantitative estimate of drug-likeness (QED) is 0.633. The number of amides is 1. The highest BCUT2D eigenvalue weighted by atomic mass is 16.6. The van der Waals surface area contributed by atoms with E-state index in [1.807, 2.05) is 0 Å². The zero-order valence-electron chi connectivity index (χ0n) is 11.9. The van der Waals surface area contributed by atoms with Gasteiger partial charge in [-0.2, -0.15) is 0 Å². The molecule has 21 heavy (non-hydrogen) atoms. The fourth-order valence-electron chi connectivity index (χ4n) is 2.80. The van der Waals surface area contributed by atoms with Gasteiger partial charge in [-0.15, -0.1) is 0 Å². The van der Waals surface area contributed by atoms with Gasteiger partial charge in [0.15, 0.2) is 0 Å². The van der Waals surface area contributed by atoms with Gasteiger partial charge in [-0.1, -0.05) is 18.9 Å². The second-order valence-corrected chi connectivity index (χ2v) is 5.26. The molecule has 1 saturated carbocycles. The first-order valence-corrected chi connectivity index (χ1v) is 6.87. The van der Waals surface area contributed by atoms with Gasteiger partial charge in [0.1, 0.15) is 0 Å². The highest BCUT2D eigenvalue weighted by molar-refractivity contribution is 5.98. The van der Waals surface area contributed by atoms with Crippen LogP contribution >= 0.6 is 0 Å². The smallest absolute Gasteiger partial charge is 0.311 e. The summed E-state index contributed by atoms with van der Waals surface area (Å²) in [5.74, 6) is -0.409. The van der Waals surface area contributed by atoms with Crippen molar-refractivity contribution in [1.82, 2.24) is 5.32 Å². The molecule has 0 heterocycles. The zero-order valence-corrected chi connectivity index (χ0v) is 11.9. The van der Waals surface area contributed by atoms with Crippen LogP contribution < -0.4 is 15.8 Å². The van der Waals surface area contributed by atoms with E-state index in [-0.39, 0.29) is 22.9 Å². The molecule has 7 nitrogen and oxygen atoms in total. The number of ether oxygens (including phenoxy) is 1. The molecule has 1 fully saturated rings. The van der Waals surface area contributed by atoms with E-state index in [9.17, 15) is 14.9 Å². The molecule has 0 unspecified atom stereocenters. The summed E-state index contributed by atoms with van der Waals surface area (Å²) in [6.45, 7) is 0.357. The third-order valence-corrected chi connectivity index (χ3v) is 3.97. The lowest BCUT2D eigenvalue weighted by Gasteiger charge is -2.28. The van der Waals surface area contributed by atoms with Gasteiger partial charge in [0.25, 0.3) is 5.91 Å². The van der Waals surface area contributed by atoms with E-state index in [0.717, 1.165) is 25.7 Å². The third kappa shape index (κ3) is 2.97. The van der Waals surface area contributed by atoms with Crippen LogP contribution in [0.2, 0.25) is 0 Å². The molecule has 1 aliphatic carbocycles. The van der Waals surface area contributed by atoms with Crippen LogP contribution in [0.25, 0.3) is 0 Å². The number of nitrogens with two attached hydrogens (primary N) is 1. The number of rotatable bonds is 5. The Morgan fingerprint density at radius 1 is 1.48 bits per heavy atom. The fourth-order valence-corrected chi connectivity index (χ4v) is 2.80. The first-order chi connectivity index (χ1) is 10.0. The standard InChI is InChI=1S/C14H19N3O4/c1-21-12-10(5-4-6-11(12)17(19)20)13(18)16-14(9-15)7-2-3-8-14/h4-6H,2-3,7-9,15H2,1H3,(H,16,18). The summed E-state index contributed by atoms with van der Waals surface area (Å²) >= 11 is 0. The number of nitro benzene ring substituents is 1. The molecular formula is C14H19N3O4. The molecule has 0 bridgehead atoms. The Balaban J connectivity index is 2.31. The maximum absolute atomic E-state index is 12.5. The van der Waals surface area contributed by atoms with Gasteiger partial charge in [-0.05, 0) is 18.9 Å². The van der Waals surface area contributed by atoms with E-state index in [1.165, 1.54) is 25.3 Å². The predicted octanol–water partition coefficient (Wildman–Crippen LogP) is 1.60. The van der Waals surface area contributed by atoms with Gasteiger partial charge in [0, 0.05) is 12.6 Å². The van der Waals surface area contributed by atoms with E-state index >= 15 is 0 Å². The summed E-state index contributed by atoms with van der Waals surface area (Å²) in [5.41, 5.74) is 5.31. The van der Waals surface area contributed by atoms with Gasteiger partial charge in [-0.3, -0.25) is 14.9 Å². The highest BCUT2D eigenvalue weighted by Crippen LogP contribution is 2.33. The molecule has 2 rings (SSSR count). The average Bonchev–Trinajstić information content (AvgIpc) is 2.95. The van der Waals surface area contributed by atoms with Crippen molar-refractivity contribution in [3.63, 3.8) is 0 Å². The Hall–Kier alpha value is -2.15. The lowest BCUT2D eigenvalue weighted by Crippen LogP contribution is -2.51. The minimum Gasteiger partial charge on any atom is -0.490 e. The van der Waals surface area contributed by atoms with Gasteiger partial charge in [0.05, 0.1) is 23.1 Å². The third-order valence-electron chi connectivity index (χ3n) is 3.97. The lowest BCUT2D eigenvalue weighted by atomic mass is 9.97. The van der Waals surface area contributed by atoms with E-state index in [0.29, 0.717) is 6.54 Å². The van der Waals surface area contributed by atoms with Gasteiger partial charge in [0.2, 0.25) is 5.75 Å². The maximum atomic E-state index is 12.5. The second-order valence-electron chi connectivity index (χ2n) is 5.26. The fraction of sp³-hybridized carbons (Fsp3) is 0.500. The Bertz CT molecular complexity index is 553. The normalized spacial score (nSPS) is 16.5. The first-order valence-electron chi connectivity index (χ1n) is 6.87. The van der Waals surface area contributed by atoms with Crippen LogP contribution in [0.5, 0.6) is 5.75 Å². The van der Waals surface area contributed by atoms with Crippen LogP contribution in [-0.4, -0.2) is 30.0 Å². The van der Waals surface area contributed by atoms with Crippen molar-refractivity contribution in [2.75, 3.05) is 13.7 Å². The van der Waals surface area contributed by atoms with Crippen LogP contribution in [0.15, 0.2) is 18.2 Å². The number of para-hydroxylation sites is 1. The Morgan fingerprint density at radius 3 is 2.67 bits per heavy atom. The number of benzene rings is 1. The molecular weight excluding hydrogens is 274 g/mol. The highest BCUT2D eigenvalue weighted by Gasteiger charge is 2.35. The van der Waals surface area contributed by atoms with Crippen molar-refractivity contribution in [1.29, 1.82) is 0 Å². The summed E-state index contributed by atoms with van der Waals surface area (Å²) in [6.07, 6.45) is 3.69. The number of hydrogen-bond acceptors (Lipinski definition) is 5. The van der Waals surface area contributed by atoms with Gasteiger partial charge >= 0.3 is 5.69 Å². The largest absolute Gasteiger partial charge is 0.490 e. The van der Waals surface area contributed by atoms with E-state index in [4.69, 9.17) is 10.5 Å².